The van der Waals surface area contributed by atoms with E-state index in [1.807, 2.05) is 6.33 Å². The number of amides is 1. The Hall–Kier alpha value is -1.98. The first kappa shape index (κ1) is 10.9. The molecule has 0 aromatic carbocycles. The molecule has 0 bridgehead atoms. The van der Waals surface area contributed by atoms with Crippen molar-refractivity contribution in [1.29, 1.82) is 0 Å². The second-order valence-corrected chi connectivity index (χ2v) is 5.37. The summed E-state index contributed by atoms with van der Waals surface area (Å²) in [7, 11) is 0. The fourth-order valence-corrected chi connectivity index (χ4v) is 2.55. The lowest BCUT2D eigenvalue weighted by molar-refractivity contribution is -0.116. The highest BCUT2D eigenvalue weighted by molar-refractivity contribution is 5.98. The topological polar surface area (TPSA) is 63.9 Å². The van der Waals surface area contributed by atoms with E-state index >= 15 is 0 Å². The van der Waals surface area contributed by atoms with Gasteiger partial charge in [-0.05, 0) is 25.7 Å². The van der Waals surface area contributed by atoms with Crippen molar-refractivity contribution in [2.75, 3.05) is 4.90 Å². The van der Waals surface area contributed by atoms with E-state index in [4.69, 9.17) is 0 Å². The average molecular weight is 257 g/mol. The van der Waals surface area contributed by atoms with Crippen molar-refractivity contribution in [1.82, 2.24) is 19.5 Å². The molecule has 98 valence electrons. The van der Waals surface area contributed by atoms with Gasteiger partial charge in [-0.2, -0.15) is 0 Å². The van der Waals surface area contributed by atoms with Crippen LogP contribution in [0.5, 0.6) is 0 Å². The van der Waals surface area contributed by atoms with Crippen LogP contribution in [0.15, 0.2) is 12.7 Å². The molecule has 0 unspecified atom stereocenters. The number of nitrogens with zero attached hydrogens (tertiary/aromatic N) is 5. The van der Waals surface area contributed by atoms with Crippen LogP contribution in [0.3, 0.4) is 0 Å². The number of carbonyl (C=O) groups excluding carboxylic acids is 1. The van der Waals surface area contributed by atoms with Gasteiger partial charge in [0.25, 0.3) is 0 Å². The number of fused-ring (bicyclic) bond motifs is 1. The fraction of sp³-hybridized carbons (Fsp3) is 0.538. The maximum Gasteiger partial charge on any atom is 0.225 e. The van der Waals surface area contributed by atoms with Crippen LogP contribution in [0.1, 0.15) is 38.6 Å². The molecule has 2 aromatic heterocycles. The molecule has 0 aliphatic heterocycles. The summed E-state index contributed by atoms with van der Waals surface area (Å²) in [5, 5.41) is 0. The van der Waals surface area contributed by atoms with Crippen LogP contribution in [-0.2, 0) is 4.79 Å². The lowest BCUT2D eigenvalue weighted by atomic mass is 10.4. The quantitative estimate of drug-likeness (QED) is 0.839. The Morgan fingerprint density at radius 2 is 2.05 bits per heavy atom. The number of anilines is 1. The summed E-state index contributed by atoms with van der Waals surface area (Å²) in [4.78, 5) is 26.7. The maximum atomic E-state index is 11.9. The van der Waals surface area contributed by atoms with Gasteiger partial charge in [-0.1, -0.05) is 0 Å². The van der Waals surface area contributed by atoms with Gasteiger partial charge in [-0.25, -0.2) is 15.0 Å². The van der Waals surface area contributed by atoms with E-state index in [2.05, 4.69) is 19.5 Å². The number of rotatable bonds is 3. The number of aromatic nitrogens is 4. The third-order valence-corrected chi connectivity index (χ3v) is 3.76. The summed E-state index contributed by atoms with van der Waals surface area (Å²) in [5.74, 6) is 0.697. The number of hydrogen-bond donors (Lipinski definition) is 0. The van der Waals surface area contributed by atoms with Gasteiger partial charge in [0.1, 0.15) is 6.33 Å². The number of imidazole rings is 1. The molecule has 0 saturated heterocycles. The molecule has 2 aliphatic rings. The van der Waals surface area contributed by atoms with Gasteiger partial charge in [-0.3, -0.25) is 9.69 Å². The zero-order chi connectivity index (χ0) is 13.0. The lowest BCUT2D eigenvalue weighted by Crippen LogP contribution is -2.31. The predicted molar refractivity (Wildman–Crippen MR) is 69.8 cm³/mol. The molecule has 19 heavy (non-hydrogen) atoms. The monoisotopic (exact) mass is 257 g/mol. The van der Waals surface area contributed by atoms with E-state index in [9.17, 15) is 4.79 Å². The van der Waals surface area contributed by atoms with E-state index in [1.165, 1.54) is 19.2 Å². The molecule has 2 saturated carbocycles. The molecule has 0 radical (unpaired) electrons. The highest BCUT2D eigenvalue weighted by Gasteiger charge is 2.35. The number of carbonyl (C=O) groups is 1. The summed E-state index contributed by atoms with van der Waals surface area (Å²) in [6, 6.07) is 0.820. The van der Waals surface area contributed by atoms with Gasteiger partial charge in [0, 0.05) is 19.0 Å². The van der Waals surface area contributed by atoms with Gasteiger partial charge in [0.05, 0.1) is 6.33 Å². The minimum Gasteiger partial charge on any atom is -0.312 e. The van der Waals surface area contributed by atoms with Crippen LogP contribution in [0.4, 0.5) is 5.82 Å². The zero-order valence-electron chi connectivity index (χ0n) is 10.8. The van der Waals surface area contributed by atoms with Crippen molar-refractivity contribution >= 4 is 22.9 Å². The first-order valence-electron chi connectivity index (χ1n) is 6.73. The zero-order valence-corrected chi connectivity index (χ0v) is 10.8. The predicted octanol–water partition coefficient (Wildman–Crippen LogP) is 1.68. The Balaban J connectivity index is 1.86. The second kappa shape index (κ2) is 3.76. The van der Waals surface area contributed by atoms with Crippen molar-refractivity contribution < 1.29 is 4.79 Å². The average Bonchev–Trinajstić information content (AvgIpc) is 3.29. The van der Waals surface area contributed by atoms with Crippen LogP contribution in [0.25, 0.3) is 11.2 Å². The van der Waals surface area contributed by atoms with Gasteiger partial charge in [-0.15, -0.1) is 0 Å². The normalized spacial score (nSPS) is 18.8. The third-order valence-electron chi connectivity index (χ3n) is 3.76. The van der Waals surface area contributed by atoms with Crippen molar-refractivity contribution in [3.8, 4) is 0 Å². The highest BCUT2D eigenvalue weighted by Crippen LogP contribution is 2.38. The molecule has 0 spiro atoms. The van der Waals surface area contributed by atoms with Crippen LogP contribution < -0.4 is 4.90 Å². The van der Waals surface area contributed by atoms with Crippen LogP contribution in [0.2, 0.25) is 0 Å². The summed E-state index contributed by atoms with van der Waals surface area (Å²) in [5.41, 5.74) is 1.59. The lowest BCUT2D eigenvalue weighted by Gasteiger charge is -2.19. The molecule has 2 heterocycles. The molecule has 2 fully saturated rings. The SMILES string of the molecule is CC(=O)N(c1ncnc2c1ncn2C1CC1)C1CC1. The van der Waals surface area contributed by atoms with Crippen molar-refractivity contribution in [3.63, 3.8) is 0 Å². The van der Waals surface area contributed by atoms with Crippen molar-refractivity contribution in [2.24, 2.45) is 0 Å². The van der Waals surface area contributed by atoms with Crippen LogP contribution in [0, 0.1) is 0 Å². The van der Waals surface area contributed by atoms with E-state index in [0.29, 0.717) is 17.9 Å². The first-order valence-corrected chi connectivity index (χ1v) is 6.73. The highest BCUT2D eigenvalue weighted by atomic mass is 16.2. The Bertz CT molecular complexity index is 656. The smallest absolute Gasteiger partial charge is 0.225 e. The summed E-state index contributed by atoms with van der Waals surface area (Å²) < 4.78 is 2.10. The molecular formula is C13H15N5O. The minimum atomic E-state index is 0.0310. The summed E-state index contributed by atoms with van der Waals surface area (Å²) in [6.07, 6.45) is 7.83. The Morgan fingerprint density at radius 1 is 1.26 bits per heavy atom. The molecular weight excluding hydrogens is 242 g/mol. The van der Waals surface area contributed by atoms with Gasteiger partial charge < -0.3 is 4.57 Å². The Kier molecular flexibility index (Phi) is 2.15. The fourth-order valence-electron chi connectivity index (χ4n) is 2.55. The Morgan fingerprint density at radius 3 is 2.68 bits per heavy atom. The van der Waals surface area contributed by atoms with Crippen LogP contribution in [-0.4, -0.2) is 31.5 Å². The van der Waals surface area contributed by atoms with Crippen molar-refractivity contribution in [3.05, 3.63) is 12.7 Å². The number of hydrogen-bond acceptors (Lipinski definition) is 4. The standard InChI is InChI=1S/C13H15N5O/c1-8(19)18(10-4-5-10)13-11-12(14-6-15-13)17(7-16-11)9-2-3-9/h6-7,9-10H,2-5H2,1H3. The largest absolute Gasteiger partial charge is 0.312 e. The van der Waals surface area contributed by atoms with Gasteiger partial charge in [0.15, 0.2) is 17.0 Å². The molecule has 2 aliphatic carbocycles. The summed E-state index contributed by atoms with van der Waals surface area (Å²) >= 11 is 0. The second-order valence-electron chi connectivity index (χ2n) is 5.37. The molecule has 0 atom stereocenters. The third kappa shape index (κ3) is 1.70. The van der Waals surface area contributed by atoms with Crippen molar-refractivity contribution in [2.45, 2.75) is 44.7 Å². The molecule has 4 rings (SSSR count). The van der Waals surface area contributed by atoms with E-state index in [0.717, 1.165) is 24.0 Å². The first-order chi connectivity index (χ1) is 9.25. The summed E-state index contributed by atoms with van der Waals surface area (Å²) in [6.45, 7) is 1.59. The Labute approximate surface area is 110 Å². The van der Waals surface area contributed by atoms with E-state index in [1.54, 1.807) is 11.8 Å². The minimum absolute atomic E-state index is 0.0310. The molecule has 0 N–H and O–H groups in total. The van der Waals surface area contributed by atoms with Gasteiger partial charge >= 0.3 is 0 Å². The molecule has 1 amide bonds. The molecule has 2 aromatic rings. The van der Waals surface area contributed by atoms with E-state index in [-0.39, 0.29) is 5.91 Å². The van der Waals surface area contributed by atoms with Gasteiger partial charge in [0.2, 0.25) is 5.91 Å². The molecule has 6 nitrogen and oxygen atoms in total. The van der Waals surface area contributed by atoms with E-state index < -0.39 is 0 Å². The van der Waals surface area contributed by atoms with Crippen LogP contribution >= 0.6 is 0 Å². The maximum absolute atomic E-state index is 11.9. The molecule has 6 heteroatoms.